The van der Waals surface area contributed by atoms with Crippen LogP contribution in [0.1, 0.15) is 24.0 Å². The van der Waals surface area contributed by atoms with E-state index in [-0.39, 0.29) is 24.2 Å². The molecule has 2 N–H and O–H groups in total. The zero-order valence-electron chi connectivity index (χ0n) is 16.9. The molecule has 0 radical (unpaired) electrons. The Morgan fingerprint density at radius 1 is 1.14 bits per heavy atom. The van der Waals surface area contributed by atoms with E-state index in [4.69, 9.17) is 10.5 Å². The average molecular weight is 396 g/mol. The summed E-state index contributed by atoms with van der Waals surface area (Å²) < 4.78 is 5.18. The fourth-order valence-electron chi connectivity index (χ4n) is 3.65. The van der Waals surface area contributed by atoms with Crippen LogP contribution in [0.2, 0.25) is 0 Å². The van der Waals surface area contributed by atoms with Crippen LogP contribution in [0.25, 0.3) is 0 Å². The molecule has 2 aromatic carbocycles. The van der Waals surface area contributed by atoms with Crippen LogP contribution in [0.4, 0.5) is 0 Å². The molecule has 0 aromatic heterocycles. The van der Waals surface area contributed by atoms with Gasteiger partial charge >= 0.3 is 0 Å². The third-order valence-electron chi connectivity index (χ3n) is 5.26. The van der Waals surface area contributed by atoms with Gasteiger partial charge in [-0.1, -0.05) is 42.5 Å². The summed E-state index contributed by atoms with van der Waals surface area (Å²) in [5.74, 6) is 0.541. The van der Waals surface area contributed by atoms with Crippen molar-refractivity contribution in [1.82, 2.24) is 9.80 Å². The van der Waals surface area contributed by atoms with Crippen molar-refractivity contribution >= 4 is 11.8 Å². The van der Waals surface area contributed by atoms with Gasteiger partial charge in [-0.05, 0) is 36.2 Å². The molecule has 0 spiro atoms. The maximum atomic E-state index is 13.2. The molecule has 0 aliphatic carbocycles. The molecule has 0 bridgehead atoms. The summed E-state index contributed by atoms with van der Waals surface area (Å²) in [7, 11) is 1.63. The maximum Gasteiger partial charge on any atom is 0.228 e. The molecule has 154 valence electrons. The van der Waals surface area contributed by atoms with E-state index in [0.717, 1.165) is 23.3 Å². The predicted molar refractivity (Wildman–Crippen MR) is 112 cm³/mol. The number of nitrogens with two attached hydrogens (primary N) is 1. The fraction of sp³-hybridized carbons (Fsp3) is 0.391. The minimum absolute atomic E-state index is 0.0256. The summed E-state index contributed by atoms with van der Waals surface area (Å²) >= 11 is 0. The lowest BCUT2D eigenvalue weighted by Crippen LogP contribution is -2.38. The number of ether oxygens (including phenoxy) is 1. The average Bonchev–Trinajstić information content (AvgIpc) is 3.12. The van der Waals surface area contributed by atoms with Crippen LogP contribution >= 0.6 is 0 Å². The maximum absolute atomic E-state index is 13.2. The summed E-state index contributed by atoms with van der Waals surface area (Å²) in [5, 5.41) is 0. The van der Waals surface area contributed by atoms with Crippen LogP contribution in [0.15, 0.2) is 54.6 Å². The number of nitrogens with zero attached hydrogens (tertiary/aromatic N) is 2. The van der Waals surface area contributed by atoms with Gasteiger partial charge in [0.2, 0.25) is 11.8 Å². The van der Waals surface area contributed by atoms with Crippen molar-refractivity contribution in [2.75, 3.05) is 26.7 Å². The molecule has 2 amide bonds. The van der Waals surface area contributed by atoms with Crippen molar-refractivity contribution in [1.29, 1.82) is 0 Å². The number of carbonyl (C=O) groups excluding carboxylic acids is 2. The monoisotopic (exact) mass is 395 g/mol. The Bertz CT molecular complexity index is 808. The lowest BCUT2D eigenvalue weighted by Gasteiger charge is -2.26. The number of carbonyl (C=O) groups is 2. The lowest BCUT2D eigenvalue weighted by molar-refractivity contribution is -0.136. The van der Waals surface area contributed by atoms with Gasteiger partial charge in [-0.3, -0.25) is 9.59 Å². The molecule has 1 atom stereocenters. The molecule has 29 heavy (non-hydrogen) atoms. The van der Waals surface area contributed by atoms with Gasteiger partial charge in [-0.15, -0.1) is 0 Å². The smallest absolute Gasteiger partial charge is 0.228 e. The van der Waals surface area contributed by atoms with Crippen molar-refractivity contribution in [3.63, 3.8) is 0 Å². The van der Waals surface area contributed by atoms with E-state index >= 15 is 0 Å². The van der Waals surface area contributed by atoms with Gasteiger partial charge in [-0.25, -0.2) is 0 Å². The molecule has 1 aliphatic rings. The number of likely N-dealkylation sites (tertiary alicyclic amines) is 1. The summed E-state index contributed by atoms with van der Waals surface area (Å²) in [5.41, 5.74) is 7.77. The minimum Gasteiger partial charge on any atom is -0.497 e. The molecule has 2 aromatic rings. The Kier molecular flexibility index (Phi) is 7.25. The van der Waals surface area contributed by atoms with Gasteiger partial charge in [0.25, 0.3) is 0 Å². The third-order valence-corrected chi connectivity index (χ3v) is 5.26. The first kappa shape index (κ1) is 20.9. The van der Waals surface area contributed by atoms with Gasteiger partial charge < -0.3 is 20.3 Å². The summed E-state index contributed by atoms with van der Waals surface area (Å²) in [6.45, 7) is 2.65. The first-order chi connectivity index (χ1) is 14.1. The molecule has 6 heteroatoms. The Labute approximate surface area is 172 Å². The van der Waals surface area contributed by atoms with Gasteiger partial charge in [0.05, 0.1) is 13.0 Å². The molecule has 3 rings (SSSR count). The number of benzene rings is 2. The molecule has 1 saturated heterocycles. The fourth-order valence-corrected chi connectivity index (χ4v) is 3.65. The Balaban J connectivity index is 1.64. The summed E-state index contributed by atoms with van der Waals surface area (Å²) in [6.07, 6.45) is 1.01. The van der Waals surface area contributed by atoms with Crippen LogP contribution in [-0.2, 0) is 22.7 Å². The first-order valence-corrected chi connectivity index (χ1v) is 10.0. The van der Waals surface area contributed by atoms with E-state index in [2.05, 4.69) is 0 Å². The zero-order chi connectivity index (χ0) is 20.6. The number of amides is 2. The number of rotatable bonds is 9. The van der Waals surface area contributed by atoms with E-state index in [0.29, 0.717) is 32.7 Å². The van der Waals surface area contributed by atoms with Crippen LogP contribution in [0.5, 0.6) is 5.75 Å². The van der Waals surface area contributed by atoms with E-state index in [9.17, 15) is 9.59 Å². The predicted octanol–water partition coefficient (Wildman–Crippen LogP) is 2.42. The van der Waals surface area contributed by atoms with Gasteiger partial charge in [0.15, 0.2) is 0 Å². The van der Waals surface area contributed by atoms with Crippen molar-refractivity contribution < 1.29 is 14.3 Å². The quantitative estimate of drug-likeness (QED) is 0.708. The number of hydrogen-bond acceptors (Lipinski definition) is 4. The van der Waals surface area contributed by atoms with Gasteiger partial charge in [0.1, 0.15) is 5.75 Å². The van der Waals surface area contributed by atoms with Crippen LogP contribution in [0.3, 0.4) is 0 Å². The second-order valence-corrected chi connectivity index (χ2v) is 7.41. The first-order valence-electron chi connectivity index (χ1n) is 10.0. The van der Waals surface area contributed by atoms with Crippen molar-refractivity contribution in [2.45, 2.75) is 25.9 Å². The second-order valence-electron chi connectivity index (χ2n) is 7.41. The highest BCUT2D eigenvalue weighted by Gasteiger charge is 2.36. The highest BCUT2D eigenvalue weighted by Crippen LogP contribution is 2.24. The Morgan fingerprint density at radius 3 is 2.52 bits per heavy atom. The van der Waals surface area contributed by atoms with Crippen LogP contribution in [0, 0.1) is 5.92 Å². The van der Waals surface area contributed by atoms with Crippen LogP contribution < -0.4 is 10.5 Å². The summed E-state index contributed by atoms with van der Waals surface area (Å²) in [6, 6.07) is 17.6. The molecule has 1 aliphatic heterocycles. The van der Waals surface area contributed by atoms with E-state index in [1.165, 1.54) is 0 Å². The van der Waals surface area contributed by atoms with E-state index in [1.54, 1.807) is 12.0 Å². The standard InChI is InChI=1S/C23H29N3O3/c1-29-21-10-8-19(9-11-21)16-26-17-20(14-22(26)27)23(28)25(13-5-12-24)15-18-6-3-2-4-7-18/h2-4,6-11,20H,5,12-17,24H2,1H3. The SMILES string of the molecule is COc1ccc(CN2CC(C(=O)N(CCCN)Cc3ccccc3)CC2=O)cc1. The molecule has 6 nitrogen and oxygen atoms in total. The number of methoxy groups -OCH3 is 1. The molecular weight excluding hydrogens is 366 g/mol. The second kappa shape index (κ2) is 10.1. The Hall–Kier alpha value is -2.86. The molecule has 1 heterocycles. The normalized spacial score (nSPS) is 16.1. The molecule has 1 fully saturated rings. The van der Waals surface area contributed by atoms with Crippen molar-refractivity contribution in [3.05, 3.63) is 65.7 Å². The largest absolute Gasteiger partial charge is 0.497 e. The minimum atomic E-state index is -0.303. The number of hydrogen-bond donors (Lipinski definition) is 1. The highest BCUT2D eigenvalue weighted by atomic mass is 16.5. The third kappa shape index (κ3) is 5.57. The van der Waals surface area contributed by atoms with E-state index < -0.39 is 0 Å². The van der Waals surface area contributed by atoms with Gasteiger partial charge in [0, 0.05) is 32.6 Å². The van der Waals surface area contributed by atoms with E-state index in [1.807, 2.05) is 59.5 Å². The lowest BCUT2D eigenvalue weighted by atomic mass is 10.1. The molecular formula is C23H29N3O3. The summed E-state index contributed by atoms with van der Waals surface area (Å²) in [4.78, 5) is 29.3. The molecule has 0 saturated carbocycles. The Morgan fingerprint density at radius 2 is 1.86 bits per heavy atom. The van der Waals surface area contributed by atoms with Crippen molar-refractivity contribution in [2.24, 2.45) is 11.7 Å². The highest BCUT2D eigenvalue weighted by molar-refractivity contribution is 5.89. The topological polar surface area (TPSA) is 75.9 Å². The van der Waals surface area contributed by atoms with Crippen LogP contribution in [-0.4, -0.2) is 48.4 Å². The van der Waals surface area contributed by atoms with Crippen molar-refractivity contribution in [3.8, 4) is 5.75 Å². The zero-order valence-corrected chi connectivity index (χ0v) is 16.9. The van der Waals surface area contributed by atoms with Gasteiger partial charge in [-0.2, -0.15) is 0 Å². The molecule has 1 unspecified atom stereocenters.